The van der Waals surface area contributed by atoms with E-state index in [-0.39, 0.29) is 0 Å². The van der Waals surface area contributed by atoms with Gasteiger partial charge < -0.3 is 0 Å². The highest BCUT2D eigenvalue weighted by molar-refractivity contribution is 6.68. The quantitative estimate of drug-likeness (QED) is 0.636. The minimum atomic E-state index is -0.555. The van der Waals surface area contributed by atoms with Crippen LogP contribution in [0.15, 0.2) is 12.3 Å². The van der Waals surface area contributed by atoms with Gasteiger partial charge in [-0.15, -0.1) is 0 Å². The molecule has 0 unspecified atom stereocenters. The van der Waals surface area contributed by atoms with E-state index in [2.05, 4.69) is 4.98 Å². The lowest BCUT2D eigenvalue weighted by Crippen LogP contribution is -1.93. The first kappa shape index (κ1) is 8.50. The van der Waals surface area contributed by atoms with E-state index in [1.807, 2.05) is 0 Å². The number of halogens is 2. The summed E-state index contributed by atoms with van der Waals surface area (Å²) in [6.07, 6.45) is 1.50. The zero-order chi connectivity index (χ0) is 8.43. The third kappa shape index (κ3) is 1.70. The predicted octanol–water partition coefficient (Wildman–Crippen LogP) is 2.42. The van der Waals surface area contributed by atoms with Crippen molar-refractivity contribution in [1.29, 1.82) is 0 Å². The van der Waals surface area contributed by atoms with E-state index >= 15 is 0 Å². The van der Waals surface area contributed by atoms with Gasteiger partial charge in [0.15, 0.2) is 0 Å². The molecule has 0 fully saturated rings. The van der Waals surface area contributed by atoms with Crippen molar-refractivity contribution in [3.63, 3.8) is 0 Å². The Labute approximate surface area is 74.1 Å². The summed E-state index contributed by atoms with van der Waals surface area (Å²) < 4.78 is 0. The van der Waals surface area contributed by atoms with Crippen LogP contribution in [0.3, 0.4) is 0 Å². The fourth-order valence-electron chi connectivity index (χ4n) is 0.700. The molecular formula is C7H5Cl2NO. The summed E-state index contributed by atoms with van der Waals surface area (Å²) in [7, 11) is 0. The Morgan fingerprint density at radius 2 is 2.27 bits per heavy atom. The summed E-state index contributed by atoms with van der Waals surface area (Å²) in [5.41, 5.74) is 0.916. The van der Waals surface area contributed by atoms with E-state index in [9.17, 15) is 4.79 Å². The van der Waals surface area contributed by atoms with Crippen LogP contribution < -0.4 is 0 Å². The third-order valence-corrected chi connectivity index (χ3v) is 1.96. The Hall–Kier alpha value is -0.600. The first-order valence-electron chi connectivity index (χ1n) is 2.94. The van der Waals surface area contributed by atoms with Crippen molar-refractivity contribution in [1.82, 2.24) is 4.98 Å². The SMILES string of the molecule is Cc1nccc(C(=O)Cl)c1Cl. The maximum atomic E-state index is 10.7. The van der Waals surface area contributed by atoms with Crippen LogP contribution in [0.1, 0.15) is 16.1 Å². The van der Waals surface area contributed by atoms with Gasteiger partial charge in [0.2, 0.25) is 0 Å². The highest BCUT2D eigenvalue weighted by Gasteiger charge is 2.08. The van der Waals surface area contributed by atoms with Crippen molar-refractivity contribution in [3.05, 3.63) is 28.5 Å². The minimum Gasteiger partial charge on any atom is -0.276 e. The Morgan fingerprint density at radius 1 is 1.64 bits per heavy atom. The van der Waals surface area contributed by atoms with Gasteiger partial charge >= 0.3 is 0 Å². The lowest BCUT2D eigenvalue weighted by atomic mass is 10.2. The molecule has 1 aromatic rings. The Morgan fingerprint density at radius 3 is 2.73 bits per heavy atom. The summed E-state index contributed by atoms with van der Waals surface area (Å²) in [4.78, 5) is 14.6. The van der Waals surface area contributed by atoms with Gasteiger partial charge in [-0.2, -0.15) is 0 Å². The first-order chi connectivity index (χ1) is 5.13. The molecule has 0 atom stereocenters. The molecule has 0 spiro atoms. The summed E-state index contributed by atoms with van der Waals surface area (Å²) >= 11 is 10.9. The molecule has 1 rings (SSSR count). The van der Waals surface area contributed by atoms with E-state index in [4.69, 9.17) is 23.2 Å². The largest absolute Gasteiger partial charge is 0.276 e. The van der Waals surface area contributed by atoms with Gasteiger partial charge in [-0.1, -0.05) is 11.6 Å². The maximum absolute atomic E-state index is 10.7. The highest BCUT2D eigenvalue weighted by Crippen LogP contribution is 2.19. The van der Waals surface area contributed by atoms with Crippen LogP contribution in [0.25, 0.3) is 0 Å². The molecule has 1 aromatic heterocycles. The number of carbonyl (C=O) groups is 1. The van der Waals surface area contributed by atoms with Crippen molar-refractivity contribution in [3.8, 4) is 0 Å². The lowest BCUT2D eigenvalue weighted by molar-refractivity contribution is 0.108. The van der Waals surface area contributed by atoms with Crippen molar-refractivity contribution >= 4 is 28.4 Å². The third-order valence-electron chi connectivity index (χ3n) is 1.28. The van der Waals surface area contributed by atoms with Gasteiger partial charge in [-0.05, 0) is 24.6 Å². The highest BCUT2D eigenvalue weighted by atomic mass is 35.5. The molecule has 0 aliphatic carbocycles. The van der Waals surface area contributed by atoms with E-state index in [1.54, 1.807) is 6.92 Å². The average molecular weight is 190 g/mol. The second-order valence-electron chi connectivity index (χ2n) is 2.03. The lowest BCUT2D eigenvalue weighted by Gasteiger charge is -1.99. The van der Waals surface area contributed by atoms with Gasteiger partial charge in [0, 0.05) is 6.20 Å². The standard InChI is InChI=1S/C7H5Cl2NO/c1-4-6(8)5(7(9)11)2-3-10-4/h2-3H,1H3. The number of carbonyl (C=O) groups excluding carboxylic acids is 1. The number of rotatable bonds is 1. The topological polar surface area (TPSA) is 30.0 Å². The second kappa shape index (κ2) is 3.20. The molecule has 1 heterocycles. The second-order valence-corrected chi connectivity index (χ2v) is 2.75. The zero-order valence-corrected chi connectivity index (χ0v) is 7.28. The molecule has 2 nitrogen and oxygen atoms in total. The van der Waals surface area contributed by atoms with Crippen LogP contribution in [0.2, 0.25) is 5.02 Å². The molecule has 0 aliphatic heterocycles. The smallest absolute Gasteiger partial charge is 0.254 e. The summed E-state index contributed by atoms with van der Waals surface area (Å²) in [6, 6.07) is 1.49. The van der Waals surface area contributed by atoms with Crippen LogP contribution in [0.4, 0.5) is 0 Å². The fourth-order valence-corrected chi connectivity index (χ4v) is 1.10. The summed E-state index contributed by atoms with van der Waals surface area (Å²) in [6.45, 7) is 1.71. The number of hydrogen-bond acceptors (Lipinski definition) is 2. The molecule has 0 aliphatic rings. The normalized spacial score (nSPS) is 9.73. The van der Waals surface area contributed by atoms with Crippen LogP contribution >= 0.6 is 23.2 Å². The van der Waals surface area contributed by atoms with Crippen molar-refractivity contribution < 1.29 is 4.79 Å². The van der Waals surface area contributed by atoms with E-state index in [0.29, 0.717) is 16.3 Å². The number of aromatic nitrogens is 1. The maximum Gasteiger partial charge on any atom is 0.254 e. The van der Waals surface area contributed by atoms with E-state index < -0.39 is 5.24 Å². The van der Waals surface area contributed by atoms with Gasteiger partial charge in [-0.25, -0.2) is 0 Å². The summed E-state index contributed by atoms with van der Waals surface area (Å²) in [5, 5.41) is -0.229. The number of nitrogens with zero attached hydrogens (tertiary/aromatic N) is 1. The Kier molecular flexibility index (Phi) is 2.47. The number of pyridine rings is 1. The molecule has 58 valence electrons. The van der Waals surface area contributed by atoms with Crippen LogP contribution in [-0.2, 0) is 0 Å². The summed E-state index contributed by atoms with van der Waals surface area (Å²) in [5.74, 6) is 0. The molecule has 0 saturated carbocycles. The van der Waals surface area contributed by atoms with E-state index in [0.717, 1.165) is 0 Å². The van der Waals surface area contributed by atoms with Crippen LogP contribution in [0, 0.1) is 6.92 Å². The molecule has 0 saturated heterocycles. The number of aryl methyl sites for hydroxylation is 1. The molecule has 4 heteroatoms. The van der Waals surface area contributed by atoms with E-state index in [1.165, 1.54) is 12.3 Å². The fraction of sp³-hybridized carbons (Fsp3) is 0.143. The van der Waals surface area contributed by atoms with Gasteiger partial charge in [0.1, 0.15) is 0 Å². The van der Waals surface area contributed by atoms with Crippen LogP contribution in [0.5, 0.6) is 0 Å². The molecule has 11 heavy (non-hydrogen) atoms. The average Bonchev–Trinajstić information content (AvgIpc) is 1.94. The number of hydrogen-bond donors (Lipinski definition) is 0. The molecule has 0 aromatic carbocycles. The van der Waals surface area contributed by atoms with Gasteiger partial charge in [-0.3, -0.25) is 9.78 Å². The van der Waals surface area contributed by atoms with Crippen molar-refractivity contribution in [2.45, 2.75) is 6.92 Å². The minimum absolute atomic E-state index is 0.306. The molecule has 0 N–H and O–H groups in total. The Bertz CT molecular complexity index is 298. The predicted molar refractivity (Wildman–Crippen MR) is 44.2 cm³/mol. The van der Waals surface area contributed by atoms with Crippen molar-refractivity contribution in [2.24, 2.45) is 0 Å². The van der Waals surface area contributed by atoms with Gasteiger partial charge in [0.05, 0.1) is 16.3 Å². The molecule has 0 bridgehead atoms. The van der Waals surface area contributed by atoms with Crippen LogP contribution in [-0.4, -0.2) is 10.2 Å². The van der Waals surface area contributed by atoms with Gasteiger partial charge in [0.25, 0.3) is 5.24 Å². The zero-order valence-electron chi connectivity index (χ0n) is 5.77. The Balaban J connectivity index is 3.27. The molecule has 0 radical (unpaired) electrons. The molecular weight excluding hydrogens is 185 g/mol. The first-order valence-corrected chi connectivity index (χ1v) is 3.69. The van der Waals surface area contributed by atoms with Crippen molar-refractivity contribution in [2.75, 3.05) is 0 Å². The molecule has 0 amide bonds. The monoisotopic (exact) mass is 189 g/mol.